The van der Waals surface area contributed by atoms with Gasteiger partial charge in [-0.1, -0.05) is 13.3 Å². The van der Waals surface area contributed by atoms with Crippen LogP contribution < -0.4 is 5.32 Å². The molecule has 2 aliphatic rings. The average Bonchev–Trinajstić information content (AvgIpc) is 2.31. The third kappa shape index (κ3) is 3.16. The van der Waals surface area contributed by atoms with Gasteiger partial charge in [-0.15, -0.1) is 0 Å². The molecule has 3 nitrogen and oxygen atoms in total. The number of nitrogens with zero attached hydrogens (tertiary/aromatic N) is 1. The summed E-state index contributed by atoms with van der Waals surface area (Å²) in [7, 11) is 0. The van der Waals surface area contributed by atoms with Crippen LogP contribution in [0.3, 0.4) is 0 Å². The van der Waals surface area contributed by atoms with Crippen molar-refractivity contribution in [1.82, 2.24) is 10.2 Å². The van der Waals surface area contributed by atoms with Crippen molar-refractivity contribution in [2.45, 2.75) is 44.7 Å². The van der Waals surface area contributed by atoms with E-state index in [1.165, 1.54) is 38.8 Å². The quantitative estimate of drug-likeness (QED) is 0.762. The van der Waals surface area contributed by atoms with Crippen LogP contribution in [0.4, 0.5) is 0 Å². The second-order valence-electron chi connectivity index (χ2n) is 4.78. The van der Waals surface area contributed by atoms with Gasteiger partial charge in [-0.2, -0.15) is 0 Å². The molecule has 0 aliphatic carbocycles. The van der Waals surface area contributed by atoms with E-state index in [1.807, 2.05) is 0 Å². The fourth-order valence-corrected chi connectivity index (χ4v) is 2.78. The van der Waals surface area contributed by atoms with E-state index in [9.17, 15) is 0 Å². The highest BCUT2D eigenvalue weighted by molar-refractivity contribution is 4.81. The molecule has 2 aliphatic heterocycles. The molecule has 2 rings (SSSR count). The minimum absolute atomic E-state index is 0.561. The maximum atomic E-state index is 5.50. The van der Waals surface area contributed by atoms with Gasteiger partial charge in [0.25, 0.3) is 0 Å². The van der Waals surface area contributed by atoms with E-state index in [2.05, 4.69) is 17.1 Å². The van der Waals surface area contributed by atoms with Crippen LogP contribution in [0.15, 0.2) is 0 Å². The first kappa shape index (κ1) is 11.4. The van der Waals surface area contributed by atoms with Crippen molar-refractivity contribution in [3.8, 4) is 0 Å². The molecule has 2 fully saturated rings. The van der Waals surface area contributed by atoms with Crippen LogP contribution in [0, 0.1) is 0 Å². The summed E-state index contributed by atoms with van der Waals surface area (Å²) < 4.78 is 5.50. The summed E-state index contributed by atoms with van der Waals surface area (Å²) >= 11 is 0. The summed E-state index contributed by atoms with van der Waals surface area (Å²) in [6.07, 6.45) is 5.49. The fraction of sp³-hybridized carbons (Fsp3) is 1.00. The lowest BCUT2D eigenvalue weighted by atomic mass is 9.99. The normalized spacial score (nSPS) is 34.2. The van der Waals surface area contributed by atoms with Crippen molar-refractivity contribution in [3.63, 3.8) is 0 Å². The van der Waals surface area contributed by atoms with Gasteiger partial charge in [0, 0.05) is 25.2 Å². The maximum Gasteiger partial charge on any atom is 0.0632 e. The van der Waals surface area contributed by atoms with Crippen LogP contribution >= 0.6 is 0 Å². The van der Waals surface area contributed by atoms with E-state index in [1.54, 1.807) is 0 Å². The largest absolute Gasteiger partial charge is 0.378 e. The minimum atomic E-state index is 0.561. The summed E-state index contributed by atoms with van der Waals surface area (Å²) in [4.78, 5) is 2.66. The number of hydrogen-bond donors (Lipinski definition) is 1. The molecule has 3 heteroatoms. The molecule has 0 aromatic carbocycles. The average molecular weight is 212 g/mol. The fourth-order valence-electron chi connectivity index (χ4n) is 2.78. The van der Waals surface area contributed by atoms with Crippen LogP contribution in [0.1, 0.15) is 32.6 Å². The summed E-state index contributed by atoms with van der Waals surface area (Å²) in [6.45, 7) is 7.58. The topological polar surface area (TPSA) is 24.5 Å². The lowest BCUT2D eigenvalue weighted by Crippen LogP contribution is -2.51. The van der Waals surface area contributed by atoms with Crippen LogP contribution in [0.2, 0.25) is 0 Å². The summed E-state index contributed by atoms with van der Waals surface area (Å²) in [5, 5.41) is 3.54. The zero-order chi connectivity index (χ0) is 10.5. The van der Waals surface area contributed by atoms with Crippen molar-refractivity contribution in [1.29, 1.82) is 0 Å². The van der Waals surface area contributed by atoms with Crippen molar-refractivity contribution in [2.24, 2.45) is 0 Å². The Kier molecular flexibility index (Phi) is 4.42. The lowest BCUT2D eigenvalue weighted by Gasteiger charge is -2.38. The standard InChI is InChI=1S/C12H24N2O/c1-2-12-5-3-4-7-14(12)9-11-10-15-8-6-13-11/h11-13H,2-10H2,1H3. The van der Waals surface area contributed by atoms with E-state index in [4.69, 9.17) is 4.74 Å². The molecule has 0 bridgehead atoms. The smallest absolute Gasteiger partial charge is 0.0632 e. The Hall–Kier alpha value is -0.120. The predicted molar refractivity (Wildman–Crippen MR) is 62.1 cm³/mol. The highest BCUT2D eigenvalue weighted by Gasteiger charge is 2.24. The Morgan fingerprint density at radius 1 is 1.40 bits per heavy atom. The number of hydrogen-bond acceptors (Lipinski definition) is 3. The molecule has 0 aromatic rings. The number of piperidine rings is 1. The first-order valence-corrected chi connectivity index (χ1v) is 6.45. The maximum absolute atomic E-state index is 5.50. The molecule has 0 spiro atoms. The third-order valence-corrected chi connectivity index (χ3v) is 3.67. The van der Waals surface area contributed by atoms with Crippen LogP contribution in [0.25, 0.3) is 0 Å². The van der Waals surface area contributed by atoms with Crippen molar-refractivity contribution < 1.29 is 4.74 Å². The van der Waals surface area contributed by atoms with Gasteiger partial charge < -0.3 is 10.1 Å². The first-order chi connectivity index (χ1) is 7.40. The van der Waals surface area contributed by atoms with E-state index in [0.29, 0.717) is 6.04 Å². The molecular weight excluding hydrogens is 188 g/mol. The van der Waals surface area contributed by atoms with Gasteiger partial charge in [0.1, 0.15) is 0 Å². The Morgan fingerprint density at radius 2 is 2.33 bits per heavy atom. The molecule has 88 valence electrons. The molecule has 2 saturated heterocycles. The Morgan fingerprint density at radius 3 is 3.07 bits per heavy atom. The van der Waals surface area contributed by atoms with Gasteiger partial charge in [0.05, 0.1) is 13.2 Å². The number of morpholine rings is 1. The number of nitrogens with one attached hydrogen (secondary N) is 1. The Bertz CT molecular complexity index is 180. The zero-order valence-electron chi connectivity index (χ0n) is 9.87. The van der Waals surface area contributed by atoms with Crippen molar-refractivity contribution >= 4 is 0 Å². The van der Waals surface area contributed by atoms with Crippen LogP contribution in [0.5, 0.6) is 0 Å². The third-order valence-electron chi connectivity index (χ3n) is 3.67. The predicted octanol–water partition coefficient (Wildman–Crippen LogP) is 1.24. The number of rotatable bonds is 3. The Labute approximate surface area is 93.2 Å². The number of ether oxygens (including phenoxy) is 1. The van der Waals surface area contributed by atoms with Crippen LogP contribution in [-0.2, 0) is 4.74 Å². The SMILES string of the molecule is CCC1CCCCN1CC1COCCN1. The Balaban J connectivity index is 1.79. The highest BCUT2D eigenvalue weighted by atomic mass is 16.5. The second-order valence-corrected chi connectivity index (χ2v) is 4.78. The van der Waals surface area contributed by atoms with E-state index >= 15 is 0 Å². The molecule has 0 amide bonds. The molecule has 1 N–H and O–H groups in total. The minimum Gasteiger partial charge on any atom is -0.378 e. The molecule has 2 atom stereocenters. The molecule has 2 unspecified atom stereocenters. The van der Waals surface area contributed by atoms with Gasteiger partial charge in [-0.25, -0.2) is 0 Å². The number of likely N-dealkylation sites (tertiary alicyclic amines) is 1. The lowest BCUT2D eigenvalue weighted by molar-refractivity contribution is 0.0461. The van der Waals surface area contributed by atoms with Gasteiger partial charge in [0.2, 0.25) is 0 Å². The molecule has 15 heavy (non-hydrogen) atoms. The van der Waals surface area contributed by atoms with E-state index < -0.39 is 0 Å². The van der Waals surface area contributed by atoms with Crippen molar-refractivity contribution in [2.75, 3.05) is 32.8 Å². The summed E-state index contributed by atoms with van der Waals surface area (Å²) in [5.74, 6) is 0. The second kappa shape index (κ2) is 5.83. The first-order valence-electron chi connectivity index (χ1n) is 6.45. The molecule has 0 saturated carbocycles. The van der Waals surface area contributed by atoms with Crippen LogP contribution in [-0.4, -0.2) is 49.8 Å². The van der Waals surface area contributed by atoms with E-state index in [-0.39, 0.29) is 0 Å². The monoisotopic (exact) mass is 212 g/mol. The summed E-state index contributed by atoms with van der Waals surface area (Å²) in [5.41, 5.74) is 0. The van der Waals surface area contributed by atoms with Gasteiger partial charge in [0.15, 0.2) is 0 Å². The zero-order valence-corrected chi connectivity index (χ0v) is 9.87. The van der Waals surface area contributed by atoms with Gasteiger partial charge >= 0.3 is 0 Å². The van der Waals surface area contributed by atoms with Gasteiger partial charge in [-0.3, -0.25) is 4.90 Å². The van der Waals surface area contributed by atoms with E-state index in [0.717, 1.165) is 25.8 Å². The summed E-state index contributed by atoms with van der Waals surface area (Å²) in [6, 6.07) is 1.38. The molecule has 0 aromatic heterocycles. The van der Waals surface area contributed by atoms with Gasteiger partial charge in [-0.05, 0) is 25.8 Å². The highest BCUT2D eigenvalue weighted by Crippen LogP contribution is 2.19. The molecule has 2 heterocycles. The molecular formula is C12H24N2O. The van der Waals surface area contributed by atoms with Crippen molar-refractivity contribution in [3.05, 3.63) is 0 Å². The molecule has 0 radical (unpaired) electrons.